The van der Waals surface area contributed by atoms with Crippen molar-refractivity contribution in [2.45, 2.75) is 26.5 Å². The van der Waals surface area contributed by atoms with Crippen molar-refractivity contribution in [1.82, 2.24) is 0 Å². The fraction of sp³-hybridized carbons (Fsp3) is 0.462. The summed E-state index contributed by atoms with van der Waals surface area (Å²) in [7, 11) is -3.67. The number of carbonyl (C=O) groups excluding carboxylic acids is 1. The fourth-order valence-corrected chi connectivity index (χ4v) is 1.10. The van der Waals surface area contributed by atoms with Crippen molar-refractivity contribution >= 4 is 16.1 Å². The molecular formula is C13H21NO5S. The van der Waals surface area contributed by atoms with E-state index in [0.717, 1.165) is 5.56 Å². The van der Waals surface area contributed by atoms with Crippen molar-refractivity contribution in [3.05, 3.63) is 35.9 Å². The van der Waals surface area contributed by atoms with Gasteiger partial charge in [-0.3, -0.25) is 9.35 Å². The van der Waals surface area contributed by atoms with Crippen LogP contribution >= 0.6 is 0 Å². The minimum Gasteiger partial charge on any atom is -0.460 e. The van der Waals surface area contributed by atoms with Crippen molar-refractivity contribution in [2.24, 2.45) is 11.7 Å². The summed E-state index contributed by atoms with van der Waals surface area (Å²) in [4.78, 5) is 11.4. The lowest BCUT2D eigenvalue weighted by Crippen LogP contribution is -2.36. The van der Waals surface area contributed by atoms with Crippen molar-refractivity contribution in [1.29, 1.82) is 0 Å². The van der Waals surface area contributed by atoms with Gasteiger partial charge in [0.2, 0.25) is 0 Å². The predicted molar refractivity (Wildman–Crippen MR) is 76.5 cm³/mol. The maximum atomic E-state index is 11.4. The van der Waals surface area contributed by atoms with Gasteiger partial charge in [0.25, 0.3) is 10.1 Å². The van der Waals surface area contributed by atoms with Crippen LogP contribution in [0.4, 0.5) is 0 Å². The number of carbonyl (C=O) groups is 1. The van der Waals surface area contributed by atoms with Gasteiger partial charge in [0.1, 0.15) is 12.6 Å². The van der Waals surface area contributed by atoms with Crippen molar-refractivity contribution < 1.29 is 22.5 Å². The number of nitrogens with two attached hydrogens (primary N) is 1. The molecule has 20 heavy (non-hydrogen) atoms. The Bertz CT molecular complexity index is 491. The van der Waals surface area contributed by atoms with Gasteiger partial charge in [-0.1, -0.05) is 44.2 Å². The third kappa shape index (κ3) is 10.5. The number of rotatable bonds is 4. The molecule has 0 bridgehead atoms. The third-order valence-corrected chi connectivity index (χ3v) is 2.21. The summed E-state index contributed by atoms with van der Waals surface area (Å²) < 4.78 is 31.0. The smallest absolute Gasteiger partial charge is 0.323 e. The molecule has 114 valence electrons. The van der Waals surface area contributed by atoms with Gasteiger partial charge >= 0.3 is 5.97 Å². The van der Waals surface area contributed by atoms with Crippen LogP contribution in [-0.4, -0.2) is 31.2 Å². The highest BCUT2D eigenvalue weighted by atomic mass is 32.2. The van der Waals surface area contributed by atoms with Crippen molar-refractivity contribution in [3.63, 3.8) is 0 Å². The molecule has 0 heterocycles. The van der Waals surface area contributed by atoms with E-state index in [1.807, 2.05) is 44.2 Å². The molecule has 0 aliphatic heterocycles. The second kappa shape index (κ2) is 8.68. The van der Waals surface area contributed by atoms with E-state index in [0.29, 0.717) is 12.9 Å². The Balaban J connectivity index is 0.000000621. The molecule has 0 fully saturated rings. The summed E-state index contributed by atoms with van der Waals surface area (Å²) in [5, 5.41) is 0. The van der Waals surface area contributed by atoms with E-state index in [1.54, 1.807) is 0 Å². The molecule has 0 saturated carbocycles. The van der Waals surface area contributed by atoms with Crippen molar-refractivity contribution in [2.75, 3.05) is 6.26 Å². The van der Waals surface area contributed by atoms with Crippen LogP contribution in [0.15, 0.2) is 30.3 Å². The van der Waals surface area contributed by atoms with Crippen LogP contribution in [0.2, 0.25) is 0 Å². The van der Waals surface area contributed by atoms with E-state index in [2.05, 4.69) is 0 Å². The van der Waals surface area contributed by atoms with E-state index in [9.17, 15) is 13.2 Å². The number of hydrogen-bond donors (Lipinski definition) is 2. The van der Waals surface area contributed by atoms with Gasteiger partial charge in [0, 0.05) is 0 Å². The van der Waals surface area contributed by atoms with Crippen LogP contribution in [0, 0.1) is 5.92 Å². The second-order valence-electron chi connectivity index (χ2n) is 4.60. The number of benzene rings is 1. The van der Waals surface area contributed by atoms with Crippen LogP contribution in [0.25, 0.3) is 0 Å². The van der Waals surface area contributed by atoms with Crippen LogP contribution < -0.4 is 5.73 Å². The lowest BCUT2D eigenvalue weighted by Gasteiger charge is -2.14. The quantitative estimate of drug-likeness (QED) is 0.639. The first-order chi connectivity index (χ1) is 9.11. The molecule has 7 heteroatoms. The maximum Gasteiger partial charge on any atom is 0.323 e. The predicted octanol–water partition coefficient (Wildman–Crippen LogP) is 1.22. The highest BCUT2D eigenvalue weighted by molar-refractivity contribution is 7.85. The third-order valence-electron chi connectivity index (χ3n) is 2.21. The molecule has 1 rings (SSSR count). The molecule has 0 aliphatic carbocycles. The number of esters is 1. The highest BCUT2D eigenvalue weighted by Gasteiger charge is 2.18. The minimum atomic E-state index is -3.67. The van der Waals surface area contributed by atoms with E-state index in [4.69, 9.17) is 15.0 Å². The van der Waals surface area contributed by atoms with Gasteiger partial charge < -0.3 is 10.5 Å². The average Bonchev–Trinajstić information content (AvgIpc) is 2.34. The molecule has 6 nitrogen and oxygen atoms in total. The molecule has 0 amide bonds. The molecule has 0 aromatic heterocycles. The Morgan fingerprint density at radius 3 is 2.15 bits per heavy atom. The first-order valence-corrected chi connectivity index (χ1v) is 7.84. The molecule has 3 N–H and O–H groups in total. The summed E-state index contributed by atoms with van der Waals surface area (Å²) in [5.41, 5.74) is 6.62. The van der Waals surface area contributed by atoms with Crippen LogP contribution in [0.5, 0.6) is 0 Å². The van der Waals surface area contributed by atoms with Gasteiger partial charge in [-0.2, -0.15) is 8.42 Å². The van der Waals surface area contributed by atoms with Gasteiger partial charge in [-0.15, -0.1) is 0 Å². The number of ether oxygens (including phenoxy) is 1. The van der Waals surface area contributed by atoms with E-state index >= 15 is 0 Å². The first kappa shape index (κ1) is 18.6. The van der Waals surface area contributed by atoms with E-state index in [1.165, 1.54) is 0 Å². The summed E-state index contributed by atoms with van der Waals surface area (Å²) in [6, 6.07) is 9.03. The largest absolute Gasteiger partial charge is 0.460 e. The molecule has 0 saturated heterocycles. The van der Waals surface area contributed by atoms with Gasteiger partial charge in [-0.05, 0) is 11.5 Å². The maximum absolute atomic E-state index is 11.4. The zero-order valence-corrected chi connectivity index (χ0v) is 12.6. The molecule has 1 unspecified atom stereocenters. The Kier molecular flexibility index (Phi) is 8.05. The van der Waals surface area contributed by atoms with Gasteiger partial charge in [0.05, 0.1) is 6.26 Å². The Morgan fingerprint density at radius 1 is 1.30 bits per heavy atom. The molecule has 1 aromatic rings. The zero-order chi connectivity index (χ0) is 15.8. The lowest BCUT2D eigenvalue weighted by atomic mass is 10.1. The first-order valence-electron chi connectivity index (χ1n) is 6.00. The fourth-order valence-electron chi connectivity index (χ4n) is 1.10. The summed E-state index contributed by atoms with van der Waals surface area (Å²) in [6.45, 7) is 4.09. The molecule has 0 radical (unpaired) electrons. The summed E-state index contributed by atoms with van der Waals surface area (Å²) in [5.74, 6) is -0.234. The Hall–Kier alpha value is -1.44. The number of hydrogen-bond acceptors (Lipinski definition) is 5. The second-order valence-corrected chi connectivity index (χ2v) is 6.06. The molecule has 1 atom stereocenters. The van der Waals surface area contributed by atoms with Crippen LogP contribution in [-0.2, 0) is 26.3 Å². The molecule has 1 aromatic carbocycles. The average molecular weight is 303 g/mol. The molecule has 0 aliphatic rings. The van der Waals surface area contributed by atoms with Crippen LogP contribution in [0.3, 0.4) is 0 Å². The Labute approximate surface area is 119 Å². The summed E-state index contributed by atoms with van der Waals surface area (Å²) >= 11 is 0. The van der Waals surface area contributed by atoms with E-state index in [-0.39, 0.29) is 11.9 Å². The van der Waals surface area contributed by atoms with Gasteiger partial charge in [0.15, 0.2) is 0 Å². The Morgan fingerprint density at radius 2 is 1.75 bits per heavy atom. The highest BCUT2D eigenvalue weighted by Crippen LogP contribution is 2.04. The standard InChI is InChI=1S/C12H17NO2.CH4O3S/c1-9(2)11(13)12(14)15-8-10-6-4-3-5-7-10;1-5(2,3)4/h3-7,9,11H,8,13H2,1-2H3;1H3,(H,2,3,4). The monoisotopic (exact) mass is 303 g/mol. The summed E-state index contributed by atoms with van der Waals surface area (Å²) in [6.07, 6.45) is 0.715. The van der Waals surface area contributed by atoms with Gasteiger partial charge in [-0.25, -0.2) is 0 Å². The zero-order valence-electron chi connectivity index (χ0n) is 11.8. The van der Waals surface area contributed by atoms with Crippen molar-refractivity contribution in [3.8, 4) is 0 Å². The molecular weight excluding hydrogens is 282 g/mol. The SMILES string of the molecule is CC(C)C(N)C(=O)OCc1ccccc1.CS(=O)(=O)O. The minimum absolute atomic E-state index is 0.105. The van der Waals surface area contributed by atoms with E-state index < -0.39 is 16.2 Å². The normalized spacial score (nSPS) is 12.3. The molecule has 0 spiro atoms. The van der Waals surface area contributed by atoms with Crippen LogP contribution in [0.1, 0.15) is 19.4 Å². The topological polar surface area (TPSA) is 107 Å². The lowest BCUT2D eigenvalue weighted by molar-refractivity contribution is -0.147.